The van der Waals surface area contributed by atoms with Gasteiger partial charge in [-0.25, -0.2) is 0 Å². The number of benzene rings is 1. The van der Waals surface area contributed by atoms with E-state index in [2.05, 4.69) is 56.6 Å². The van der Waals surface area contributed by atoms with Crippen LogP contribution in [0.2, 0.25) is 0 Å². The normalized spacial score (nSPS) is 11.7. The molecule has 1 aromatic rings. The second kappa shape index (κ2) is 3.86. The van der Waals surface area contributed by atoms with E-state index in [1.165, 1.54) is 11.1 Å². The highest BCUT2D eigenvalue weighted by atomic mass is 31.1. The summed E-state index contributed by atoms with van der Waals surface area (Å²) in [4.78, 5) is 0.118. The van der Waals surface area contributed by atoms with Gasteiger partial charge in [0.05, 0.1) is 0 Å². The fourth-order valence-electron chi connectivity index (χ4n) is 1.35. The highest BCUT2D eigenvalue weighted by Crippen LogP contribution is 2.39. The van der Waals surface area contributed by atoms with E-state index in [0.717, 1.165) is 6.42 Å². The average molecular weight is 198 g/mol. The van der Waals surface area contributed by atoms with E-state index in [-0.39, 0.29) is 4.90 Å². The van der Waals surface area contributed by atoms with Crippen LogP contribution in [0.15, 0.2) is 24.3 Å². The molecular weight excluding hydrogens is 182 g/mol. The van der Waals surface area contributed by atoms with E-state index < -0.39 is 0 Å². The predicted octanol–water partition coefficient (Wildman–Crippen LogP) is 3.17. The van der Waals surface area contributed by atoms with Gasteiger partial charge in [0, 0.05) is 4.90 Å². The molecule has 0 aromatic heterocycles. The first-order valence-electron chi connectivity index (χ1n) is 4.22. The van der Waals surface area contributed by atoms with Crippen molar-refractivity contribution in [2.75, 3.05) is 0 Å². The maximum atomic E-state index is 2.86. The van der Waals surface area contributed by atoms with Gasteiger partial charge in [0.1, 0.15) is 0 Å². The maximum Gasteiger partial charge on any atom is 0.0212 e. The zero-order valence-corrected chi connectivity index (χ0v) is 9.98. The lowest BCUT2D eigenvalue weighted by atomic mass is 10.0. The molecule has 0 aliphatic rings. The SMILES string of the molecule is CCc1ccccc1C(C)(P)P. The molecule has 0 aliphatic heterocycles. The van der Waals surface area contributed by atoms with Gasteiger partial charge >= 0.3 is 0 Å². The van der Waals surface area contributed by atoms with E-state index in [0.29, 0.717) is 0 Å². The van der Waals surface area contributed by atoms with Crippen LogP contribution in [0.3, 0.4) is 0 Å². The van der Waals surface area contributed by atoms with Crippen LogP contribution in [-0.4, -0.2) is 0 Å². The van der Waals surface area contributed by atoms with Crippen molar-refractivity contribution < 1.29 is 0 Å². The van der Waals surface area contributed by atoms with Gasteiger partial charge in [-0.3, -0.25) is 0 Å². The first kappa shape index (κ1) is 10.2. The summed E-state index contributed by atoms with van der Waals surface area (Å²) in [6.45, 7) is 4.39. The molecule has 0 saturated heterocycles. The summed E-state index contributed by atoms with van der Waals surface area (Å²) in [5.41, 5.74) is 2.84. The number of rotatable bonds is 2. The van der Waals surface area contributed by atoms with Crippen molar-refractivity contribution in [1.29, 1.82) is 0 Å². The van der Waals surface area contributed by atoms with Crippen LogP contribution in [0.1, 0.15) is 25.0 Å². The topological polar surface area (TPSA) is 0 Å². The third-order valence-electron chi connectivity index (χ3n) is 1.98. The van der Waals surface area contributed by atoms with Crippen molar-refractivity contribution in [2.24, 2.45) is 0 Å². The minimum atomic E-state index is 0.118. The molecule has 1 rings (SSSR count). The van der Waals surface area contributed by atoms with E-state index in [4.69, 9.17) is 0 Å². The highest BCUT2D eigenvalue weighted by molar-refractivity contribution is 7.38. The molecule has 0 saturated carbocycles. The summed E-state index contributed by atoms with van der Waals surface area (Å²) in [6, 6.07) is 8.59. The van der Waals surface area contributed by atoms with Gasteiger partial charge in [-0.1, -0.05) is 31.2 Å². The van der Waals surface area contributed by atoms with Crippen molar-refractivity contribution in [1.82, 2.24) is 0 Å². The molecule has 2 unspecified atom stereocenters. The van der Waals surface area contributed by atoms with Gasteiger partial charge in [0.25, 0.3) is 0 Å². The lowest BCUT2D eigenvalue weighted by Gasteiger charge is -2.21. The van der Waals surface area contributed by atoms with Crippen LogP contribution >= 0.6 is 18.5 Å². The molecular formula is C10H16P2. The first-order chi connectivity index (χ1) is 5.55. The summed E-state index contributed by atoms with van der Waals surface area (Å²) in [6.07, 6.45) is 1.11. The molecule has 0 radical (unpaired) electrons. The zero-order valence-electron chi connectivity index (χ0n) is 7.67. The molecule has 0 aliphatic carbocycles. The van der Waals surface area contributed by atoms with E-state index in [9.17, 15) is 0 Å². The van der Waals surface area contributed by atoms with Crippen molar-refractivity contribution in [2.45, 2.75) is 25.2 Å². The van der Waals surface area contributed by atoms with Crippen LogP contribution in [0.4, 0.5) is 0 Å². The van der Waals surface area contributed by atoms with E-state index in [1.807, 2.05) is 0 Å². The van der Waals surface area contributed by atoms with Crippen molar-refractivity contribution in [3.63, 3.8) is 0 Å². The summed E-state index contributed by atoms with van der Waals surface area (Å²) in [7, 11) is 5.71. The summed E-state index contributed by atoms with van der Waals surface area (Å²) in [5.74, 6) is 0. The van der Waals surface area contributed by atoms with Gasteiger partial charge in [0.2, 0.25) is 0 Å². The Balaban J connectivity index is 3.14. The molecule has 12 heavy (non-hydrogen) atoms. The number of hydrogen-bond donors (Lipinski definition) is 0. The van der Waals surface area contributed by atoms with Gasteiger partial charge in [-0.15, -0.1) is 18.5 Å². The standard InChI is InChI=1S/C10H16P2/c1-3-8-6-4-5-7-9(8)10(2,11)12/h4-7H,3,11-12H2,1-2H3. The molecule has 0 spiro atoms. The Morgan fingerprint density at radius 1 is 1.25 bits per heavy atom. The lowest BCUT2D eigenvalue weighted by Crippen LogP contribution is -2.05. The van der Waals surface area contributed by atoms with Gasteiger partial charge in [-0.05, 0) is 24.5 Å². The third-order valence-corrected chi connectivity index (χ3v) is 2.60. The Hall–Kier alpha value is 0.0800. The van der Waals surface area contributed by atoms with Crippen molar-refractivity contribution in [3.8, 4) is 0 Å². The monoisotopic (exact) mass is 198 g/mol. The van der Waals surface area contributed by atoms with Crippen LogP contribution in [-0.2, 0) is 11.3 Å². The molecule has 0 amide bonds. The highest BCUT2D eigenvalue weighted by Gasteiger charge is 2.16. The molecule has 0 N–H and O–H groups in total. The smallest absolute Gasteiger partial charge is 0.0212 e. The Bertz CT molecular complexity index is 261. The van der Waals surface area contributed by atoms with Crippen molar-refractivity contribution >= 4 is 18.5 Å². The quantitative estimate of drug-likeness (QED) is 0.640. The minimum absolute atomic E-state index is 0.118. The predicted molar refractivity (Wildman–Crippen MR) is 62.6 cm³/mol. The van der Waals surface area contributed by atoms with Gasteiger partial charge < -0.3 is 0 Å². The minimum Gasteiger partial charge on any atom is -0.123 e. The summed E-state index contributed by atoms with van der Waals surface area (Å²) >= 11 is 0. The molecule has 2 atom stereocenters. The van der Waals surface area contributed by atoms with Crippen LogP contribution in [0, 0.1) is 0 Å². The largest absolute Gasteiger partial charge is 0.123 e. The van der Waals surface area contributed by atoms with Crippen LogP contribution in [0.25, 0.3) is 0 Å². The molecule has 0 heterocycles. The fourth-order valence-corrected chi connectivity index (χ4v) is 1.92. The van der Waals surface area contributed by atoms with E-state index >= 15 is 0 Å². The Morgan fingerprint density at radius 2 is 1.83 bits per heavy atom. The molecule has 0 nitrogen and oxygen atoms in total. The molecule has 1 aromatic carbocycles. The Kier molecular flexibility index (Phi) is 3.27. The Labute approximate surface area is 79.6 Å². The first-order valence-corrected chi connectivity index (χ1v) is 5.37. The van der Waals surface area contributed by atoms with E-state index in [1.54, 1.807) is 0 Å². The second-order valence-corrected chi connectivity index (χ2v) is 6.36. The molecule has 66 valence electrons. The fraction of sp³-hybridized carbons (Fsp3) is 0.400. The van der Waals surface area contributed by atoms with Gasteiger partial charge in [0.15, 0.2) is 0 Å². The van der Waals surface area contributed by atoms with Crippen molar-refractivity contribution in [3.05, 3.63) is 35.4 Å². The van der Waals surface area contributed by atoms with Gasteiger partial charge in [-0.2, -0.15) is 0 Å². The molecule has 0 fully saturated rings. The maximum absolute atomic E-state index is 2.86. The summed E-state index contributed by atoms with van der Waals surface area (Å²) < 4.78 is 0. The van der Waals surface area contributed by atoms with Crippen LogP contribution < -0.4 is 0 Å². The Morgan fingerprint density at radius 3 is 2.25 bits per heavy atom. The third kappa shape index (κ3) is 2.28. The zero-order chi connectivity index (χ0) is 9.19. The average Bonchev–Trinajstić information content (AvgIpc) is 2.03. The number of hydrogen-bond acceptors (Lipinski definition) is 0. The second-order valence-electron chi connectivity index (χ2n) is 3.29. The molecule has 2 heteroatoms. The molecule has 0 bridgehead atoms. The lowest BCUT2D eigenvalue weighted by molar-refractivity contribution is 0.962. The summed E-state index contributed by atoms with van der Waals surface area (Å²) in [5, 5.41) is 0. The number of aryl methyl sites for hydroxylation is 1. The van der Waals surface area contributed by atoms with Crippen LogP contribution in [0.5, 0.6) is 0 Å².